The maximum atomic E-state index is 12.3. The zero-order valence-corrected chi connectivity index (χ0v) is 18.5. The number of halogens is 1. The van der Waals surface area contributed by atoms with E-state index in [9.17, 15) is 4.79 Å². The quantitative estimate of drug-likeness (QED) is 0.409. The summed E-state index contributed by atoms with van der Waals surface area (Å²) in [5.41, 5.74) is 4.02. The molecule has 0 spiro atoms. The van der Waals surface area contributed by atoms with Crippen molar-refractivity contribution in [3.8, 4) is 17.4 Å². The number of aromatic nitrogens is 4. The summed E-state index contributed by atoms with van der Waals surface area (Å²) in [6, 6.07) is 15.6. The SMILES string of the molecule is Cc1ccc(NC(=O)Nc2ccc(Oc3cc(-n4nc(C)cc4C)ncn3)cc2)c(Cl)c1. The van der Waals surface area contributed by atoms with E-state index in [0.717, 1.165) is 17.0 Å². The van der Waals surface area contributed by atoms with Gasteiger partial charge in [0.2, 0.25) is 5.88 Å². The van der Waals surface area contributed by atoms with Gasteiger partial charge in [0.05, 0.1) is 16.4 Å². The van der Waals surface area contributed by atoms with Crippen molar-refractivity contribution in [3.05, 3.63) is 82.9 Å². The number of benzene rings is 2. The predicted molar refractivity (Wildman–Crippen MR) is 124 cm³/mol. The molecule has 9 heteroatoms. The van der Waals surface area contributed by atoms with Crippen LogP contribution in [0.3, 0.4) is 0 Å². The first-order chi connectivity index (χ1) is 15.4. The number of amides is 2. The van der Waals surface area contributed by atoms with Crippen LogP contribution in [-0.2, 0) is 0 Å². The van der Waals surface area contributed by atoms with Gasteiger partial charge in [-0.3, -0.25) is 0 Å². The van der Waals surface area contributed by atoms with Crippen molar-refractivity contribution in [1.29, 1.82) is 0 Å². The number of carbonyl (C=O) groups excluding carboxylic acids is 1. The molecule has 8 nitrogen and oxygen atoms in total. The molecule has 0 saturated carbocycles. The highest BCUT2D eigenvalue weighted by Gasteiger charge is 2.09. The summed E-state index contributed by atoms with van der Waals surface area (Å²) in [5.74, 6) is 1.57. The van der Waals surface area contributed by atoms with E-state index in [0.29, 0.717) is 33.8 Å². The molecule has 0 aliphatic carbocycles. The fourth-order valence-electron chi connectivity index (χ4n) is 3.10. The Kier molecular flexibility index (Phi) is 6.04. The smallest absolute Gasteiger partial charge is 0.323 e. The summed E-state index contributed by atoms with van der Waals surface area (Å²) >= 11 is 6.16. The first-order valence-corrected chi connectivity index (χ1v) is 10.2. The van der Waals surface area contributed by atoms with Gasteiger partial charge in [0.15, 0.2) is 5.82 Å². The van der Waals surface area contributed by atoms with E-state index < -0.39 is 6.03 Å². The summed E-state index contributed by atoms with van der Waals surface area (Å²) in [6.07, 6.45) is 1.43. The molecular weight excluding hydrogens is 428 g/mol. The maximum absolute atomic E-state index is 12.3. The van der Waals surface area contributed by atoms with Crippen molar-refractivity contribution in [2.75, 3.05) is 10.6 Å². The number of hydrogen-bond donors (Lipinski definition) is 2. The predicted octanol–water partition coefficient (Wildman–Crippen LogP) is 5.68. The van der Waals surface area contributed by atoms with Gasteiger partial charge in [-0.15, -0.1) is 0 Å². The van der Waals surface area contributed by atoms with Gasteiger partial charge in [0, 0.05) is 17.4 Å². The Bertz CT molecular complexity index is 1270. The molecule has 0 fully saturated rings. The second-order valence-electron chi connectivity index (χ2n) is 7.24. The van der Waals surface area contributed by atoms with Gasteiger partial charge in [-0.2, -0.15) is 5.10 Å². The summed E-state index contributed by atoms with van der Waals surface area (Å²) < 4.78 is 7.56. The number of carbonyl (C=O) groups is 1. The number of ether oxygens (including phenoxy) is 1. The summed E-state index contributed by atoms with van der Waals surface area (Å²) in [5, 5.41) is 10.4. The van der Waals surface area contributed by atoms with E-state index in [-0.39, 0.29) is 0 Å². The average molecular weight is 449 g/mol. The molecule has 2 aromatic heterocycles. The second kappa shape index (κ2) is 9.07. The fraction of sp³-hybridized carbons (Fsp3) is 0.130. The number of anilines is 2. The van der Waals surface area contributed by atoms with Gasteiger partial charge in [-0.05, 0) is 68.8 Å². The van der Waals surface area contributed by atoms with Gasteiger partial charge in [0.1, 0.15) is 12.1 Å². The summed E-state index contributed by atoms with van der Waals surface area (Å²) in [4.78, 5) is 20.7. The highest BCUT2D eigenvalue weighted by Crippen LogP contribution is 2.25. The molecule has 0 radical (unpaired) electrons. The van der Waals surface area contributed by atoms with Crippen molar-refractivity contribution >= 4 is 29.0 Å². The molecule has 0 atom stereocenters. The second-order valence-corrected chi connectivity index (χ2v) is 7.65. The Labute approximate surface area is 190 Å². The normalized spacial score (nSPS) is 10.6. The molecule has 0 aliphatic rings. The Morgan fingerprint density at radius 2 is 1.75 bits per heavy atom. The topological polar surface area (TPSA) is 94.0 Å². The molecule has 4 rings (SSSR count). The van der Waals surface area contributed by atoms with Crippen LogP contribution >= 0.6 is 11.6 Å². The van der Waals surface area contributed by atoms with Crippen LogP contribution in [0.15, 0.2) is 60.9 Å². The number of nitrogens with zero attached hydrogens (tertiary/aromatic N) is 4. The minimum absolute atomic E-state index is 0.384. The first kappa shape index (κ1) is 21.3. The minimum Gasteiger partial charge on any atom is -0.439 e. The van der Waals surface area contributed by atoms with Crippen molar-refractivity contribution in [2.45, 2.75) is 20.8 Å². The van der Waals surface area contributed by atoms with Crippen molar-refractivity contribution in [2.24, 2.45) is 0 Å². The molecule has 2 N–H and O–H groups in total. The van der Waals surface area contributed by atoms with Crippen molar-refractivity contribution in [3.63, 3.8) is 0 Å². The van der Waals surface area contributed by atoms with Gasteiger partial charge >= 0.3 is 6.03 Å². The number of hydrogen-bond acceptors (Lipinski definition) is 5. The van der Waals surface area contributed by atoms with Gasteiger partial charge in [0.25, 0.3) is 0 Å². The molecule has 2 amide bonds. The lowest BCUT2D eigenvalue weighted by molar-refractivity contribution is 0.262. The average Bonchev–Trinajstić information content (AvgIpc) is 3.10. The van der Waals surface area contributed by atoms with E-state index in [1.165, 1.54) is 6.33 Å². The molecule has 4 aromatic rings. The third-order valence-electron chi connectivity index (χ3n) is 4.56. The standard InChI is InChI=1S/C23H21ClN6O2/c1-14-4-9-20(19(24)10-14)28-23(31)27-17-5-7-18(8-6-17)32-22-12-21(25-13-26-22)30-16(3)11-15(2)29-30/h4-13H,1-3H3,(H2,27,28,31). The Hall–Kier alpha value is -3.91. The van der Waals surface area contributed by atoms with E-state index in [4.69, 9.17) is 16.3 Å². The number of urea groups is 1. The molecular formula is C23H21ClN6O2. The zero-order valence-electron chi connectivity index (χ0n) is 17.8. The first-order valence-electron chi connectivity index (χ1n) is 9.85. The van der Waals surface area contributed by atoms with E-state index in [2.05, 4.69) is 25.7 Å². The zero-order chi connectivity index (χ0) is 22.7. The molecule has 0 unspecified atom stereocenters. The van der Waals surface area contributed by atoms with E-state index in [1.54, 1.807) is 47.1 Å². The van der Waals surface area contributed by atoms with Crippen LogP contribution in [0.2, 0.25) is 5.02 Å². The lowest BCUT2D eigenvalue weighted by Gasteiger charge is -2.10. The van der Waals surface area contributed by atoms with Crippen LogP contribution in [-0.4, -0.2) is 25.8 Å². The van der Waals surface area contributed by atoms with Crippen LogP contribution in [0.5, 0.6) is 11.6 Å². The largest absolute Gasteiger partial charge is 0.439 e. The van der Waals surface area contributed by atoms with Gasteiger partial charge < -0.3 is 15.4 Å². The molecule has 0 saturated heterocycles. The summed E-state index contributed by atoms with van der Waals surface area (Å²) in [6.45, 7) is 5.81. The van der Waals surface area contributed by atoms with Crippen LogP contribution in [0.4, 0.5) is 16.2 Å². The highest BCUT2D eigenvalue weighted by molar-refractivity contribution is 6.33. The summed E-state index contributed by atoms with van der Waals surface area (Å²) in [7, 11) is 0. The lowest BCUT2D eigenvalue weighted by Crippen LogP contribution is -2.19. The molecule has 162 valence electrons. The minimum atomic E-state index is -0.394. The molecule has 32 heavy (non-hydrogen) atoms. The van der Waals surface area contributed by atoms with Crippen LogP contribution in [0, 0.1) is 20.8 Å². The number of aryl methyl sites for hydroxylation is 3. The third-order valence-corrected chi connectivity index (χ3v) is 4.87. The van der Waals surface area contributed by atoms with Gasteiger partial charge in [-0.1, -0.05) is 17.7 Å². The molecule has 2 aromatic carbocycles. The molecule has 2 heterocycles. The monoisotopic (exact) mass is 448 g/mol. The maximum Gasteiger partial charge on any atom is 0.323 e. The lowest BCUT2D eigenvalue weighted by atomic mass is 10.2. The van der Waals surface area contributed by atoms with Crippen LogP contribution in [0.1, 0.15) is 17.0 Å². The third kappa shape index (κ3) is 5.04. The highest BCUT2D eigenvalue weighted by atomic mass is 35.5. The Morgan fingerprint density at radius 3 is 2.44 bits per heavy atom. The number of rotatable bonds is 5. The van der Waals surface area contributed by atoms with E-state index >= 15 is 0 Å². The number of nitrogens with one attached hydrogen (secondary N) is 2. The van der Waals surface area contributed by atoms with Crippen LogP contribution < -0.4 is 15.4 Å². The Morgan fingerprint density at radius 1 is 0.969 bits per heavy atom. The molecule has 0 aliphatic heterocycles. The van der Waals surface area contributed by atoms with Crippen molar-refractivity contribution < 1.29 is 9.53 Å². The molecule has 0 bridgehead atoms. The van der Waals surface area contributed by atoms with Crippen LogP contribution in [0.25, 0.3) is 5.82 Å². The van der Waals surface area contributed by atoms with E-state index in [1.807, 2.05) is 32.9 Å². The fourth-order valence-corrected chi connectivity index (χ4v) is 3.38. The van der Waals surface area contributed by atoms with Crippen molar-refractivity contribution in [1.82, 2.24) is 19.7 Å². The van der Waals surface area contributed by atoms with Gasteiger partial charge in [-0.25, -0.2) is 19.4 Å². The Balaban J connectivity index is 1.40.